The van der Waals surface area contributed by atoms with Gasteiger partial charge in [0.2, 0.25) is 5.78 Å². The second kappa shape index (κ2) is 8.98. The van der Waals surface area contributed by atoms with E-state index in [0.29, 0.717) is 38.7 Å². The van der Waals surface area contributed by atoms with Gasteiger partial charge in [0.1, 0.15) is 11.5 Å². The Morgan fingerprint density at radius 2 is 1.78 bits per heavy atom. The van der Waals surface area contributed by atoms with Crippen molar-refractivity contribution in [1.29, 1.82) is 0 Å². The van der Waals surface area contributed by atoms with Gasteiger partial charge in [-0.05, 0) is 42.0 Å². The number of halogens is 1. The molecule has 3 aromatic carbocycles. The number of carbonyl (C=O) groups excluding carboxylic acids is 2. The van der Waals surface area contributed by atoms with Crippen molar-refractivity contribution in [3.05, 3.63) is 94.4 Å². The van der Waals surface area contributed by atoms with Crippen LogP contribution in [-0.4, -0.2) is 36.1 Å². The van der Waals surface area contributed by atoms with Crippen LogP contribution >= 0.6 is 11.6 Å². The predicted octanol–water partition coefficient (Wildman–Crippen LogP) is 5.59. The van der Waals surface area contributed by atoms with Gasteiger partial charge in [-0.25, -0.2) is 0 Å². The number of rotatable bonds is 6. The molecule has 1 amide bonds. The first-order valence-corrected chi connectivity index (χ1v) is 11.2. The molecule has 2 N–H and O–H groups in total. The molecule has 1 atom stereocenters. The number of Topliss-reactive ketones (excluding diaryl/α,β-unsaturated/α-hetero) is 1. The molecular formula is C27H20ClNO7. The summed E-state index contributed by atoms with van der Waals surface area (Å²) in [7, 11) is 2.94. The molecule has 1 aliphatic rings. The maximum Gasteiger partial charge on any atom is 0.294 e. The number of hydrogen-bond donors (Lipinski definition) is 2. The summed E-state index contributed by atoms with van der Waals surface area (Å²) in [5.41, 5.74) is 0.904. The first-order chi connectivity index (χ1) is 17.3. The van der Waals surface area contributed by atoms with Crippen molar-refractivity contribution in [3.63, 3.8) is 0 Å². The lowest BCUT2D eigenvalue weighted by atomic mass is 9.94. The van der Waals surface area contributed by atoms with Crippen LogP contribution in [0.3, 0.4) is 0 Å². The van der Waals surface area contributed by atoms with E-state index in [1.54, 1.807) is 48.5 Å². The summed E-state index contributed by atoms with van der Waals surface area (Å²) in [6.45, 7) is 0. The topological polar surface area (TPSA) is 109 Å². The van der Waals surface area contributed by atoms with Crippen LogP contribution in [-0.2, 0) is 4.79 Å². The molecule has 36 heavy (non-hydrogen) atoms. The summed E-state index contributed by atoms with van der Waals surface area (Å²) in [5.74, 6) is -1.56. The number of phenols is 1. The average Bonchev–Trinajstić information content (AvgIpc) is 3.42. The molecule has 0 saturated carbocycles. The third-order valence-corrected chi connectivity index (χ3v) is 6.18. The molecule has 2 heterocycles. The summed E-state index contributed by atoms with van der Waals surface area (Å²) in [6.07, 6.45) is 0. The van der Waals surface area contributed by atoms with Crippen LogP contribution in [0.15, 0.2) is 82.5 Å². The Hall–Kier alpha value is -4.43. The fourth-order valence-corrected chi connectivity index (χ4v) is 4.57. The second-order valence-corrected chi connectivity index (χ2v) is 8.54. The summed E-state index contributed by atoms with van der Waals surface area (Å²) in [4.78, 5) is 28.4. The van der Waals surface area contributed by atoms with Gasteiger partial charge in [0.05, 0.1) is 25.8 Å². The van der Waals surface area contributed by atoms with E-state index in [1.165, 1.54) is 37.3 Å². The molecule has 0 radical (unpaired) electrons. The van der Waals surface area contributed by atoms with Crippen molar-refractivity contribution < 1.29 is 33.7 Å². The lowest BCUT2D eigenvalue weighted by Gasteiger charge is -2.27. The lowest BCUT2D eigenvalue weighted by molar-refractivity contribution is -0.117. The maximum atomic E-state index is 13.8. The van der Waals surface area contributed by atoms with Crippen molar-refractivity contribution in [2.75, 3.05) is 19.1 Å². The zero-order chi connectivity index (χ0) is 25.6. The van der Waals surface area contributed by atoms with Crippen molar-refractivity contribution >= 4 is 39.9 Å². The molecular weight excluding hydrogens is 486 g/mol. The molecule has 4 aromatic rings. The van der Waals surface area contributed by atoms with Gasteiger partial charge < -0.3 is 24.1 Å². The summed E-state index contributed by atoms with van der Waals surface area (Å²) < 4.78 is 16.4. The highest BCUT2D eigenvalue weighted by molar-refractivity contribution is 6.31. The van der Waals surface area contributed by atoms with E-state index in [1.807, 2.05) is 0 Å². The highest BCUT2D eigenvalue weighted by Gasteiger charge is 2.45. The van der Waals surface area contributed by atoms with E-state index in [9.17, 15) is 19.8 Å². The maximum absolute atomic E-state index is 13.8. The normalized spacial score (nSPS) is 15.6. The number of amides is 1. The van der Waals surface area contributed by atoms with Crippen LogP contribution in [0, 0.1) is 0 Å². The third-order valence-electron chi connectivity index (χ3n) is 5.96. The van der Waals surface area contributed by atoms with Crippen molar-refractivity contribution in [2.45, 2.75) is 6.04 Å². The molecule has 1 unspecified atom stereocenters. The molecule has 1 aromatic heterocycles. The number of phenolic OH excluding ortho intramolecular Hbond substituents is 1. The number of methoxy groups -OCH3 is 2. The van der Waals surface area contributed by atoms with Gasteiger partial charge in [0, 0.05) is 28.2 Å². The van der Waals surface area contributed by atoms with Crippen LogP contribution in [0.4, 0.5) is 5.69 Å². The molecule has 0 spiro atoms. The van der Waals surface area contributed by atoms with Gasteiger partial charge in [-0.2, -0.15) is 0 Å². The molecule has 5 rings (SSSR count). The summed E-state index contributed by atoms with van der Waals surface area (Å²) >= 11 is 6.15. The highest BCUT2D eigenvalue weighted by atomic mass is 35.5. The molecule has 9 heteroatoms. The summed E-state index contributed by atoms with van der Waals surface area (Å²) in [5, 5.41) is 22.0. The Bertz CT molecular complexity index is 1560. The van der Waals surface area contributed by atoms with E-state index in [0.717, 1.165) is 0 Å². The van der Waals surface area contributed by atoms with Crippen LogP contribution in [0.2, 0.25) is 5.02 Å². The standard InChI is InChI=1S/C27H20ClNO7/c1-34-19-8-4-6-17(13-19)29-23(14-5-3-7-18(30)10-14)22(25(32)27(29)33)24(31)20-11-15-9-16(28)12-21(35-2)26(15)36-20/h3-13,23,30,32H,1-2H3. The minimum Gasteiger partial charge on any atom is -0.508 e. The first kappa shape index (κ1) is 23.3. The van der Waals surface area contributed by atoms with Gasteiger partial charge in [-0.3, -0.25) is 14.5 Å². The summed E-state index contributed by atoms with van der Waals surface area (Å²) in [6, 6.07) is 16.4. The Balaban J connectivity index is 1.67. The van der Waals surface area contributed by atoms with Crippen LogP contribution in [0.1, 0.15) is 22.2 Å². The lowest BCUT2D eigenvalue weighted by Crippen LogP contribution is -2.31. The number of carbonyl (C=O) groups is 2. The number of benzene rings is 3. The minimum atomic E-state index is -1.05. The zero-order valence-electron chi connectivity index (χ0n) is 19.2. The quantitative estimate of drug-likeness (QED) is 0.328. The third kappa shape index (κ3) is 3.81. The number of aromatic hydroxyl groups is 1. The van der Waals surface area contributed by atoms with Gasteiger partial charge in [0.15, 0.2) is 22.9 Å². The molecule has 8 nitrogen and oxygen atoms in total. The van der Waals surface area contributed by atoms with Crippen LogP contribution in [0.5, 0.6) is 17.2 Å². The van der Waals surface area contributed by atoms with E-state index in [-0.39, 0.29) is 17.1 Å². The minimum absolute atomic E-state index is 0.0631. The Kier molecular flexibility index (Phi) is 5.81. The second-order valence-electron chi connectivity index (χ2n) is 8.10. The van der Waals surface area contributed by atoms with Crippen molar-refractivity contribution in [3.8, 4) is 17.2 Å². The number of hydrogen-bond acceptors (Lipinski definition) is 7. The molecule has 182 valence electrons. The van der Waals surface area contributed by atoms with Gasteiger partial charge in [-0.1, -0.05) is 29.8 Å². The smallest absolute Gasteiger partial charge is 0.294 e. The van der Waals surface area contributed by atoms with Crippen LogP contribution < -0.4 is 14.4 Å². The van der Waals surface area contributed by atoms with E-state index in [4.69, 9.17) is 25.5 Å². The highest BCUT2D eigenvalue weighted by Crippen LogP contribution is 2.44. The molecule has 1 aliphatic heterocycles. The average molecular weight is 506 g/mol. The number of nitrogens with zero attached hydrogens (tertiary/aromatic N) is 1. The first-order valence-electron chi connectivity index (χ1n) is 10.8. The van der Waals surface area contributed by atoms with Gasteiger partial charge in [-0.15, -0.1) is 0 Å². The number of aliphatic hydroxyl groups excluding tert-OH is 1. The van der Waals surface area contributed by atoms with E-state index >= 15 is 0 Å². The number of fused-ring (bicyclic) bond motifs is 1. The Morgan fingerprint density at radius 3 is 2.50 bits per heavy atom. The van der Waals surface area contributed by atoms with E-state index in [2.05, 4.69) is 0 Å². The SMILES string of the molecule is COc1cccc(N2C(=O)C(O)=C(C(=O)c3cc4cc(Cl)cc(OC)c4o3)C2c2cccc(O)c2)c1. The van der Waals surface area contributed by atoms with Gasteiger partial charge >= 0.3 is 0 Å². The number of anilines is 1. The van der Waals surface area contributed by atoms with E-state index < -0.39 is 23.5 Å². The van der Waals surface area contributed by atoms with Crippen molar-refractivity contribution in [2.24, 2.45) is 0 Å². The monoisotopic (exact) mass is 505 g/mol. The number of ether oxygens (including phenoxy) is 2. The molecule has 0 bridgehead atoms. The Labute approximate surface area is 210 Å². The number of aliphatic hydroxyl groups is 1. The predicted molar refractivity (Wildman–Crippen MR) is 133 cm³/mol. The largest absolute Gasteiger partial charge is 0.508 e. The zero-order valence-corrected chi connectivity index (χ0v) is 19.9. The molecule has 0 saturated heterocycles. The fourth-order valence-electron chi connectivity index (χ4n) is 4.36. The number of furan rings is 1. The molecule has 0 aliphatic carbocycles. The van der Waals surface area contributed by atoms with Crippen molar-refractivity contribution in [1.82, 2.24) is 0 Å². The molecule has 0 fully saturated rings. The number of ketones is 1. The van der Waals surface area contributed by atoms with Crippen LogP contribution in [0.25, 0.3) is 11.0 Å². The fraction of sp³-hybridized carbons (Fsp3) is 0.111. The van der Waals surface area contributed by atoms with Gasteiger partial charge in [0.25, 0.3) is 5.91 Å². The Morgan fingerprint density at radius 1 is 1.00 bits per heavy atom.